The summed E-state index contributed by atoms with van der Waals surface area (Å²) in [6, 6.07) is 0. The van der Waals surface area contributed by atoms with Gasteiger partial charge in [0.25, 0.3) is 0 Å². The SMILES string of the molecule is [CH]1NCNCS1. The summed E-state index contributed by atoms with van der Waals surface area (Å²) < 4.78 is 0. The molecule has 1 fully saturated rings. The van der Waals surface area contributed by atoms with E-state index in [2.05, 4.69) is 10.6 Å². The summed E-state index contributed by atoms with van der Waals surface area (Å²) in [5.74, 6) is 3.05. The summed E-state index contributed by atoms with van der Waals surface area (Å²) in [6.07, 6.45) is 0. The van der Waals surface area contributed by atoms with Crippen molar-refractivity contribution in [1.82, 2.24) is 10.6 Å². The van der Waals surface area contributed by atoms with Crippen molar-refractivity contribution in [2.24, 2.45) is 0 Å². The van der Waals surface area contributed by atoms with E-state index in [4.69, 9.17) is 0 Å². The van der Waals surface area contributed by atoms with E-state index in [0.717, 1.165) is 12.5 Å². The Labute approximate surface area is 41.7 Å². The molecule has 0 aromatic rings. The first-order valence-corrected chi connectivity index (χ1v) is 2.92. The Morgan fingerprint density at radius 3 is 2.83 bits per heavy atom. The molecule has 1 heterocycles. The first-order valence-electron chi connectivity index (χ1n) is 1.87. The number of nitrogens with one attached hydrogen (secondary N) is 2. The zero-order valence-electron chi connectivity index (χ0n) is 3.40. The summed E-state index contributed by atoms with van der Waals surface area (Å²) in [7, 11) is 0. The fraction of sp³-hybridized carbons (Fsp3) is 0.667. The van der Waals surface area contributed by atoms with Crippen LogP contribution in [0.2, 0.25) is 0 Å². The standard InChI is InChI=1S/C3H7N2S/c1-4-2-6-3-5-1/h2,4-5H,1,3H2. The van der Waals surface area contributed by atoms with Crippen LogP contribution >= 0.6 is 11.8 Å². The van der Waals surface area contributed by atoms with Crippen LogP contribution in [-0.2, 0) is 0 Å². The van der Waals surface area contributed by atoms with Crippen molar-refractivity contribution < 1.29 is 0 Å². The highest BCUT2D eigenvalue weighted by atomic mass is 32.2. The molecule has 0 aromatic heterocycles. The van der Waals surface area contributed by atoms with Crippen LogP contribution in [0.1, 0.15) is 0 Å². The monoisotopic (exact) mass is 103 g/mol. The minimum absolute atomic E-state index is 0.924. The topological polar surface area (TPSA) is 24.1 Å². The van der Waals surface area contributed by atoms with E-state index in [1.165, 1.54) is 0 Å². The highest BCUT2D eigenvalue weighted by Gasteiger charge is 1.92. The van der Waals surface area contributed by atoms with Gasteiger partial charge in [0.1, 0.15) is 0 Å². The Morgan fingerprint density at radius 1 is 1.67 bits per heavy atom. The van der Waals surface area contributed by atoms with Crippen LogP contribution in [0.3, 0.4) is 0 Å². The first kappa shape index (κ1) is 4.43. The lowest BCUT2D eigenvalue weighted by molar-refractivity contribution is 0.696. The van der Waals surface area contributed by atoms with Crippen LogP contribution in [-0.4, -0.2) is 12.5 Å². The molecule has 0 unspecified atom stereocenters. The maximum atomic E-state index is 3.11. The molecule has 1 radical (unpaired) electrons. The van der Waals surface area contributed by atoms with E-state index >= 15 is 0 Å². The quantitative estimate of drug-likeness (QED) is 0.449. The molecule has 35 valence electrons. The van der Waals surface area contributed by atoms with Gasteiger partial charge in [-0.05, 0) is 0 Å². The molecule has 0 aromatic carbocycles. The fourth-order valence-electron chi connectivity index (χ4n) is 0.324. The maximum Gasteiger partial charge on any atom is 0.0806 e. The number of hydrogen-bond donors (Lipinski definition) is 2. The molecule has 6 heavy (non-hydrogen) atoms. The zero-order valence-corrected chi connectivity index (χ0v) is 4.22. The minimum Gasteiger partial charge on any atom is -0.295 e. The molecule has 1 rings (SSSR count). The van der Waals surface area contributed by atoms with Gasteiger partial charge in [-0.15, -0.1) is 11.8 Å². The van der Waals surface area contributed by atoms with Gasteiger partial charge in [-0.25, -0.2) is 0 Å². The van der Waals surface area contributed by atoms with Crippen LogP contribution in [0, 0.1) is 5.88 Å². The van der Waals surface area contributed by atoms with Gasteiger partial charge in [-0.1, -0.05) is 0 Å². The first-order chi connectivity index (χ1) is 3.00. The summed E-state index contributed by atoms with van der Waals surface area (Å²) in [4.78, 5) is 0. The molecule has 2 N–H and O–H groups in total. The van der Waals surface area contributed by atoms with Crippen LogP contribution in [0.4, 0.5) is 0 Å². The molecule has 1 aliphatic heterocycles. The number of rotatable bonds is 0. The Kier molecular flexibility index (Phi) is 1.80. The summed E-state index contributed by atoms with van der Waals surface area (Å²) >= 11 is 1.75. The second-order valence-electron chi connectivity index (χ2n) is 1.06. The highest BCUT2D eigenvalue weighted by Crippen LogP contribution is 2.00. The van der Waals surface area contributed by atoms with E-state index in [1.807, 2.05) is 5.88 Å². The molecule has 0 spiro atoms. The van der Waals surface area contributed by atoms with Crippen LogP contribution in [0.25, 0.3) is 0 Å². The van der Waals surface area contributed by atoms with Crippen molar-refractivity contribution in [3.63, 3.8) is 0 Å². The maximum absolute atomic E-state index is 3.11. The zero-order chi connectivity index (χ0) is 4.24. The molecular weight excluding hydrogens is 96.1 g/mol. The Hall–Kier alpha value is 0.270. The van der Waals surface area contributed by atoms with E-state index in [9.17, 15) is 0 Å². The summed E-state index contributed by atoms with van der Waals surface area (Å²) in [5, 5.41) is 6.12. The van der Waals surface area contributed by atoms with Crippen LogP contribution in [0.5, 0.6) is 0 Å². The van der Waals surface area contributed by atoms with Gasteiger partial charge >= 0.3 is 0 Å². The third-order valence-electron chi connectivity index (χ3n) is 0.579. The van der Waals surface area contributed by atoms with E-state index in [-0.39, 0.29) is 0 Å². The average molecular weight is 103 g/mol. The third-order valence-corrected chi connectivity index (χ3v) is 1.28. The molecule has 0 bridgehead atoms. The average Bonchev–Trinajstić information content (AvgIpc) is 1.72. The molecular formula is C3H7N2S. The van der Waals surface area contributed by atoms with Gasteiger partial charge in [0, 0.05) is 12.5 Å². The molecule has 0 aliphatic carbocycles. The van der Waals surface area contributed by atoms with Crippen molar-refractivity contribution in [3.05, 3.63) is 5.88 Å². The lowest BCUT2D eigenvalue weighted by Gasteiger charge is -2.10. The van der Waals surface area contributed by atoms with Crippen molar-refractivity contribution in [2.75, 3.05) is 12.5 Å². The molecule has 0 atom stereocenters. The van der Waals surface area contributed by atoms with Gasteiger partial charge in [0.15, 0.2) is 0 Å². The van der Waals surface area contributed by atoms with Crippen LogP contribution in [0.15, 0.2) is 0 Å². The van der Waals surface area contributed by atoms with Gasteiger partial charge in [0.05, 0.1) is 5.88 Å². The van der Waals surface area contributed by atoms with Gasteiger partial charge in [-0.3, -0.25) is 10.6 Å². The van der Waals surface area contributed by atoms with Crippen molar-refractivity contribution in [2.45, 2.75) is 0 Å². The number of thioether (sulfide) groups is 1. The predicted molar refractivity (Wildman–Crippen MR) is 27.9 cm³/mol. The fourth-order valence-corrected chi connectivity index (χ4v) is 0.829. The Balaban J connectivity index is 2.00. The van der Waals surface area contributed by atoms with Crippen molar-refractivity contribution in [1.29, 1.82) is 0 Å². The summed E-state index contributed by atoms with van der Waals surface area (Å²) in [5.41, 5.74) is 0. The highest BCUT2D eigenvalue weighted by molar-refractivity contribution is 8.01. The minimum atomic E-state index is 0.924. The second-order valence-corrected chi connectivity index (χ2v) is 1.92. The normalized spacial score (nSPS) is 24.0. The molecule has 0 amide bonds. The van der Waals surface area contributed by atoms with E-state index < -0.39 is 0 Å². The molecule has 3 heteroatoms. The van der Waals surface area contributed by atoms with Gasteiger partial charge < -0.3 is 0 Å². The van der Waals surface area contributed by atoms with Crippen molar-refractivity contribution in [3.8, 4) is 0 Å². The second kappa shape index (κ2) is 2.44. The lowest BCUT2D eigenvalue weighted by Crippen LogP contribution is -2.30. The molecule has 1 saturated heterocycles. The largest absolute Gasteiger partial charge is 0.295 e. The molecule has 1 aliphatic rings. The van der Waals surface area contributed by atoms with Gasteiger partial charge in [0.2, 0.25) is 0 Å². The van der Waals surface area contributed by atoms with E-state index in [1.54, 1.807) is 11.8 Å². The predicted octanol–water partition coefficient (Wildman–Crippen LogP) is -0.0533. The number of hydrogen-bond acceptors (Lipinski definition) is 3. The summed E-state index contributed by atoms with van der Waals surface area (Å²) in [6.45, 7) is 0.924. The lowest BCUT2D eigenvalue weighted by atomic mass is 11.0. The van der Waals surface area contributed by atoms with Crippen molar-refractivity contribution >= 4 is 11.8 Å². The smallest absolute Gasteiger partial charge is 0.0806 e. The Morgan fingerprint density at radius 2 is 2.67 bits per heavy atom. The molecule has 0 saturated carbocycles. The molecule has 2 nitrogen and oxygen atoms in total. The third kappa shape index (κ3) is 1.16. The van der Waals surface area contributed by atoms with Gasteiger partial charge in [-0.2, -0.15) is 0 Å². The van der Waals surface area contributed by atoms with E-state index in [0.29, 0.717) is 0 Å². The Bertz CT molecular complexity index is 24.3. The van der Waals surface area contributed by atoms with Crippen LogP contribution < -0.4 is 10.6 Å².